The number of nitrogens with zero attached hydrogens (tertiary/aromatic N) is 2. The van der Waals surface area contributed by atoms with Crippen LogP contribution in [0.1, 0.15) is 34.2 Å². The number of fused-ring (bicyclic) bond motifs is 1. The molecule has 30 heavy (non-hydrogen) atoms. The molecule has 3 aromatic rings. The molecule has 7 heteroatoms. The van der Waals surface area contributed by atoms with Gasteiger partial charge in [-0.1, -0.05) is 46.3 Å². The summed E-state index contributed by atoms with van der Waals surface area (Å²) in [5.74, 6) is 0.310. The fourth-order valence-electron chi connectivity index (χ4n) is 3.69. The maximum absolute atomic E-state index is 13.0. The first kappa shape index (κ1) is 21.0. The van der Waals surface area contributed by atoms with E-state index in [4.69, 9.17) is 4.98 Å². The van der Waals surface area contributed by atoms with Crippen LogP contribution in [-0.4, -0.2) is 4.98 Å². The zero-order valence-electron chi connectivity index (χ0n) is 15.8. The van der Waals surface area contributed by atoms with Crippen LogP contribution in [0.4, 0.5) is 13.2 Å². The second-order valence-corrected chi connectivity index (χ2v) is 8.94. The van der Waals surface area contributed by atoms with Gasteiger partial charge in [-0.2, -0.15) is 18.4 Å². The van der Waals surface area contributed by atoms with E-state index < -0.39 is 11.7 Å². The van der Waals surface area contributed by atoms with Crippen molar-refractivity contribution in [3.05, 3.63) is 80.8 Å². The lowest BCUT2D eigenvalue weighted by Gasteiger charge is -2.14. The number of hydrogen-bond donors (Lipinski definition) is 0. The minimum Gasteiger partial charge on any atom is -0.240 e. The number of alkyl halides is 3. The monoisotopic (exact) mass is 488 g/mol. The van der Waals surface area contributed by atoms with Crippen molar-refractivity contribution in [1.29, 1.82) is 5.26 Å². The zero-order chi connectivity index (χ0) is 21.3. The Bertz CT molecular complexity index is 1130. The molecule has 0 fully saturated rings. The highest BCUT2D eigenvalue weighted by molar-refractivity contribution is 9.10. The van der Waals surface area contributed by atoms with Gasteiger partial charge in [0.1, 0.15) is 11.1 Å². The molecule has 1 heterocycles. The molecule has 1 aliphatic carbocycles. The highest BCUT2D eigenvalue weighted by atomic mass is 79.9. The first-order valence-electron chi connectivity index (χ1n) is 9.37. The first-order chi connectivity index (χ1) is 14.4. The molecule has 0 radical (unpaired) electrons. The Morgan fingerprint density at radius 1 is 1.07 bits per heavy atom. The van der Waals surface area contributed by atoms with Crippen LogP contribution in [0.15, 0.2) is 58.0 Å². The summed E-state index contributed by atoms with van der Waals surface area (Å²) in [6.07, 6.45) is -1.71. The fourth-order valence-corrected chi connectivity index (χ4v) is 4.91. The standard InChI is InChI=1S/C23H16BrF3N2S/c24-17-9-7-15(8-10-17)21-19-6-2-5-18(19)20(12-28)22(29-21)30-13-14-3-1-4-16(11-14)23(25,26)27/h1,3-4,7-11H,2,5-6,13H2. The number of rotatable bonds is 4. The second-order valence-electron chi connectivity index (χ2n) is 7.06. The Labute approximate surface area is 185 Å². The van der Waals surface area contributed by atoms with Gasteiger partial charge >= 0.3 is 6.18 Å². The highest BCUT2D eigenvalue weighted by Gasteiger charge is 2.30. The molecule has 1 aromatic heterocycles. The van der Waals surface area contributed by atoms with Crippen molar-refractivity contribution in [2.24, 2.45) is 0 Å². The van der Waals surface area contributed by atoms with Crippen LogP contribution >= 0.6 is 27.7 Å². The SMILES string of the molecule is N#Cc1c(SCc2cccc(C(F)(F)F)c2)nc(-c2ccc(Br)cc2)c2c1CCC2. The average Bonchev–Trinajstić information content (AvgIpc) is 3.21. The molecule has 0 saturated carbocycles. The van der Waals surface area contributed by atoms with Gasteiger partial charge < -0.3 is 0 Å². The van der Waals surface area contributed by atoms with Crippen LogP contribution in [-0.2, 0) is 24.8 Å². The lowest BCUT2D eigenvalue weighted by atomic mass is 10.00. The van der Waals surface area contributed by atoms with Crippen LogP contribution < -0.4 is 0 Å². The van der Waals surface area contributed by atoms with Gasteiger partial charge in [-0.15, -0.1) is 11.8 Å². The van der Waals surface area contributed by atoms with E-state index in [9.17, 15) is 18.4 Å². The summed E-state index contributed by atoms with van der Waals surface area (Å²) in [6, 6.07) is 15.4. The normalized spacial score (nSPS) is 13.2. The van der Waals surface area contributed by atoms with Gasteiger partial charge in [-0.3, -0.25) is 0 Å². The third kappa shape index (κ3) is 4.26. The van der Waals surface area contributed by atoms with Crippen LogP contribution in [0.5, 0.6) is 0 Å². The molecule has 2 aromatic carbocycles. The largest absolute Gasteiger partial charge is 0.416 e. The van der Waals surface area contributed by atoms with Crippen molar-refractivity contribution in [3.63, 3.8) is 0 Å². The maximum Gasteiger partial charge on any atom is 0.416 e. The molecule has 0 atom stereocenters. The Morgan fingerprint density at radius 3 is 2.50 bits per heavy atom. The van der Waals surface area contributed by atoms with Gasteiger partial charge in [0.15, 0.2) is 0 Å². The van der Waals surface area contributed by atoms with E-state index in [1.54, 1.807) is 6.07 Å². The van der Waals surface area contributed by atoms with E-state index in [1.807, 2.05) is 24.3 Å². The van der Waals surface area contributed by atoms with Crippen molar-refractivity contribution in [2.45, 2.75) is 36.2 Å². The number of hydrogen-bond acceptors (Lipinski definition) is 3. The van der Waals surface area contributed by atoms with Crippen LogP contribution in [0.3, 0.4) is 0 Å². The molecule has 4 rings (SSSR count). The third-order valence-corrected chi connectivity index (χ3v) is 6.67. The molecule has 0 N–H and O–H groups in total. The molecule has 0 saturated heterocycles. The summed E-state index contributed by atoms with van der Waals surface area (Å²) in [5, 5.41) is 10.3. The summed E-state index contributed by atoms with van der Waals surface area (Å²) < 4.78 is 40.0. The molecular weight excluding hydrogens is 473 g/mol. The third-order valence-electron chi connectivity index (χ3n) is 5.09. The van der Waals surface area contributed by atoms with Gasteiger partial charge in [0.25, 0.3) is 0 Å². The van der Waals surface area contributed by atoms with Crippen molar-refractivity contribution in [1.82, 2.24) is 4.98 Å². The van der Waals surface area contributed by atoms with Gasteiger partial charge in [0.05, 0.1) is 16.8 Å². The van der Waals surface area contributed by atoms with Crippen molar-refractivity contribution in [3.8, 4) is 17.3 Å². The number of benzene rings is 2. The molecule has 0 amide bonds. The first-order valence-corrected chi connectivity index (χ1v) is 11.2. The van der Waals surface area contributed by atoms with Crippen LogP contribution in [0.2, 0.25) is 0 Å². The molecule has 1 aliphatic rings. The second kappa shape index (κ2) is 8.44. The number of nitriles is 1. The van der Waals surface area contributed by atoms with E-state index >= 15 is 0 Å². The van der Waals surface area contributed by atoms with Crippen molar-refractivity contribution < 1.29 is 13.2 Å². The van der Waals surface area contributed by atoms with Gasteiger partial charge in [0, 0.05) is 15.8 Å². The maximum atomic E-state index is 13.0. The van der Waals surface area contributed by atoms with Gasteiger partial charge in [0.2, 0.25) is 0 Å². The van der Waals surface area contributed by atoms with E-state index in [-0.39, 0.29) is 0 Å². The van der Waals surface area contributed by atoms with Gasteiger partial charge in [-0.25, -0.2) is 4.98 Å². The van der Waals surface area contributed by atoms with E-state index in [0.717, 1.165) is 58.3 Å². The summed E-state index contributed by atoms with van der Waals surface area (Å²) in [6.45, 7) is 0. The zero-order valence-corrected chi connectivity index (χ0v) is 18.2. The summed E-state index contributed by atoms with van der Waals surface area (Å²) >= 11 is 4.75. The summed E-state index contributed by atoms with van der Waals surface area (Å²) in [5.41, 5.74) is 4.40. The van der Waals surface area contributed by atoms with Gasteiger partial charge in [-0.05, 0) is 54.2 Å². The molecule has 0 bridgehead atoms. The Kier molecular flexibility index (Phi) is 5.90. The smallest absolute Gasteiger partial charge is 0.240 e. The predicted octanol–water partition coefficient (Wildman–Crippen LogP) is 7.18. The van der Waals surface area contributed by atoms with E-state index in [2.05, 4.69) is 22.0 Å². The molecule has 0 spiro atoms. The topological polar surface area (TPSA) is 36.7 Å². The summed E-state index contributed by atoms with van der Waals surface area (Å²) in [4.78, 5) is 4.80. The Balaban J connectivity index is 1.71. The number of halogens is 4. The van der Waals surface area contributed by atoms with E-state index in [1.165, 1.54) is 17.8 Å². The van der Waals surface area contributed by atoms with Crippen molar-refractivity contribution in [2.75, 3.05) is 0 Å². The quantitative estimate of drug-likeness (QED) is 0.364. The Morgan fingerprint density at radius 2 is 1.80 bits per heavy atom. The minimum absolute atomic E-state index is 0.310. The summed E-state index contributed by atoms with van der Waals surface area (Å²) in [7, 11) is 0. The molecule has 152 valence electrons. The fraction of sp³-hybridized carbons (Fsp3) is 0.217. The Hall–Kier alpha value is -2.30. The lowest BCUT2D eigenvalue weighted by Crippen LogP contribution is -2.05. The minimum atomic E-state index is -4.38. The average molecular weight is 489 g/mol. The number of thioether (sulfide) groups is 1. The highest BCUT2D eigenvalue weighted by Crippen LogP contribution is 2.39. The number of pyridine rings is 1. The molecule has 0 aliphatic heterocycles. The number of aromatic nitrogens is 1. The van der Waals surface area contributed by atoms with E-state index in [0.29, 0.717) is 21.9 Å². The van der Waals surface area contributed by atoms with Crippen molar-refractivity contribution >= 4 is 27.7 Å². The molecule has 0 unspecified atom stereocenters. The molecular formula is C23H16BrF3N2S. The van der Waals surface area contributed by atoms with Crippen LogP contribution in [0, 0.1) is 11.3 Å². The lowest BCUT2D eigenvalue weighted by molar-refractivity contribution is -0.137. The molecule has 2 nitrogen and oxygen atoms in total. The predicted molar refractivity (Wildman–Crippen MR) is 115 cm³/mol. The van der Waals surface area contributed by atoms with Crippen LogP contribution in [0.25, 0.3) is 11.3 Å².